The lowest BCUT2D eigenvalue weighted by molar-refractivity contribution is -0.132. The summed E-state index contributed by atoms with van der Waals surface area (Å²) in [6.07, 6.45) is 1.30. The molecule has 1 fully saturated rings. The number of aryl methyl sites for hydroxylation is 1. The van der Waals surface area contributed by atoms with Crippen LogP contribution in [-0.2, 0) is 4.79 Å². The maximum absolute atomic E-state index is 13.2. The van der Waals surface area contributed by atoms with Gasteiger partial charge < -0.3 is 9.64 Å². The molecule has 2 N–H and O–H groups in total. The van der Waals surface area contributed by atoms with E-state index in [-0.39, 0.29) is 12.5 Å². The molecule has 1 atom stereocenters. The van der Waals surface area contributed by atoms with Gasteiger partial charge in [0, 0.05) is 24.7 Å². The van der Waals surface area contributed by atoms with Crippen LogP contribution in [0.25, 0.3) is 11.1 Å². The van der Waals surface area contributed by atoms with Crippen LogP contribution in [0.2, 0.25) is 0 Å². The van der Waals surface area contributed by atoms with E-state index in [9.17, 15) is 13.6 Å². The predicted molar refractivity (Wildman–Crippen MR) is 93.2 cm³/mol. The molecule has 0 unspecified atom stereocenters. The van der Waals surface area contributed by atoms with Crippen molar-refractivity contribution in [1.82, 2.24) is 20.4 Å². The smallest absolute Gasteiger partial charge is 0.262 e. The van der Waals surface area contributed by atoms with Crippen LogP contribution in [-0.4, -0.2) is 59.7 Å². The number of hydrogen-bond acceptors (Lipinski definition) is 4. The number of nitrogens with zero attached hydrogens (tertiary/aromatic N) is 2. The monoisotopic (exact) mass is 364 g/mol. The first-order valence-corrected chi connectivity index (χ1v) is 8.45. The molecule has 0 radical (unpaired) electrons. The molecule has 0 bridgehead atoms. The average Bonchev–Trinajstić information content (AvgIpc) is 3.19. The molecule has 2 heterocycles. The van der Waals surface area contributed by atoms with Crippen molar-refractivity contribution >= 4 is 5.91 Å². The first kappa shape index (κ1) is 18.3. The van der Waals surface area contributed by atoms with Crippen molar-refractivity contribution in [3.8, 4) is 16.9 Å². The first-order chi connectivity index (χ1) is 12.4. The molecule has 1 saturated heterocycles. The van der Waals surface area contributed by atoms with Crippen LogP contribution in [0.1, 0.15) is 12.1 Å². The molecule has 2 aromatic rings. The lowest BCUT2D eigenvalue weighted by atomic mass is 10.1. The van der Waals surface area contributed by atoms with Crippen molar-refractivity contribution in [1.29, 1.82) is 0 Å². The van der Waals surface area contributed by atoms with E-state index >= 15 is 0 Å². The van der Waals surface area contributed by atoms with Gasteiger partial charge in [-0.25, -0.2) is 8.78 Å². The quantitative estimate of drug-likeness (QED) is 0.825. The number of carbonyl (C=O) groups excluding carboxylic acids is 1. The minimum Gasteiger partial charge on any atom is -0.492 e. The Labute approximate surface area is 150 Å². The second-order valence-corrected chi connectivity index (χ2v) is 6.54. The highest BCUT2D eigenvalue weighted by atomic mass is 19.3. The molecule has 1 aromatic carbocycles. The molecule has 6 nitrogen and oxygen atoms in total. The predicted octanol–water partition coefficient (Wildman–Crippen LogP) is 2.22. The van der Waals surface area contributed by atoms with E-state index in [0.717, 1.165) is 16.8 Å². The number of alkyl halides is 2. The summed E-state index contributed by atoms with van der Waals surface area (Å²) < 4.78 is 32.1. The number of carbonyl (C=O) groups is 1. The number of halogens is 2. The average molecular weight is 364 g/mol. The van der Waals surface area contributed by atoms with E-state index in [1.54, 1.807) is 13.2 Å². The Morgan fingerprint density at radius 1 is 1.46 bits per heavy atom. The van der Waals surface area contributed by atoms with Gasteiger partial charge in [-0.2, -0.15) is 5.10 Å². The van der Waals surface area contributed by atoms with Crippen molar-refractivity contribution in [3.05, 3.63) is 36.2 Å². The number of nitrogens with one attached hydrogen (secondary N) is 2. The van der Waals surface area contributed by atoms with Crippen molar-refractivity contribution in [2.75, 3.05) is 26.7 Å². The van der Waals surface area contributed by atoms with Gasteiger partial charge in [-0.05, 0) is 24.6 Å². The Bertz CT molecular complexity index is 778. The SMILES string of the molecule is Cc1[nH]ncc1-c1cccc(OCCN(C)C(=O)[C@H]2CC(F)(F)CN2)c1. The minimum atomic E-state index is -2.82. The second kappa shape index (κ2) is 7.41. The first-order valence-electron chi connectivity index (χ1n) is 8.45. The highest BCUT2D eigenvalue weighted by Crippen LogP contribution is 2.26. The molecule has 26 heavy (non-hydrogen) atoms. The molecule has 1 amide bonds. The fourth-order valence-corrected chi connectivity index (χ4v) is 2.96. The van der Waals surface area contributed by atoms with Crippen LogP contribution in [0.3, 0.4) is 0 Å². The maximum Gasteiger partial charge on any atom is 0.262 e. The summed E-state index contributed by atoms with van der Waals surface area (Å²) in [6.45, 7) is 2.09. The van der Waals surface area contributed by atoms with E-state index in [1.807, 2.05) is 31.2 Å². The minimum absolute atomic E-state index is 0.277. The number of ether oxygens (including phenoxy) is 1. The summed E-state index contributed by atoms with van der Waals surface area (Å²) >= 11 is 0. The number of aromatic amines is 1. The number of hydrogen-bond donors (Lipinski definition) is 2. The summed E-state index contributed by atoms with van der Waals surface area (Å²) in [5.74, 6) is -2.48. The lowest BCUT2D eigenvalue weighted by Crippen LogP contribution is -2.43. The highest BCUT2D eigenvalue weighted by Gasteiger charge is 2.43. The largest absolute Gasteiger partial charge is 0.492 e. The third-order valence-electron chi connectivity index (χ3n) is 4.45. The standard InChI is InChI=1S/C18H22F2N4O2/c1-12-15(10-22-23-12)13-4-3-5-14(8-13)26-7-6-24(2)17(25)16-9-18(19,20)11-21-16/h3-5,8,10,16,21H,6-7,9,11H2,1-2H3,(H,22,23)/t16-/m1/s1. The Hall–Kier alpha value is -2.48. The van der Waals surface area contributed by atoms with Crippen molar-refractivity contribution in [3.63, 3.8) is 0 Å². The molecule has 1 aromatic heterocycles. The Balaban J connectivity index is 1.52. The summed E-state index contributed by atoms with van der Waals surface area (Å²) in [4.78, 5) is 13.6. The summed E-state index contributed by atoms with van der Waals surface area (Å²) in [6, 6.07) is 6.75. The van der Waals surface area contributed by atoms with Crippen LogP contribution < -0.4 is 10.1 Å². The zero-order valence-electron chi connectivity index (χ0n) is 14.8. The second-order valence-electron chi connectivity index (χ2n) is 6.54. The number of likely N-dealkylation sites (N-methyl/N-ethyl adjacent to an activating group) is 1. The molecule has 0 aliphatic carbocycles. The van der Waals surface area contributed by atoms with Gasteiger partial charge in [0.2, 0.25) is 5.91 Å². The van der Waals surface area contributed by atoms with Crippen molar-refractivity contribution in [2.24, 2.45) is 0 Å². The van der Waals surface area contributed by atoms with E-state index in [2.05, 4.69) is 15.5 Å². The van der Waals surface area contributed by atoms with Gasteiger partial charge in [0.1, 0.15) is 12.4 Å². The zero-order chi connectivity index (χ0) is 18.7. The van der Waals surface area contributed by atoms with Crippen LogP contribution in [0.15, 0.2) is 30.5 Å². The van der Waals surface area contributed by atoms with E-state index < -0.39 is 24.9 Å². The van der Waals surface area contributed by atoms with Crippen LogP contribution in [0, 0.1) is 6.92 Å². The fraction of sp³-hybridized carbons (Fsp3) is 0.444. The molecular weight excluding hydrogens is 342 g/mol. The van der Waals surface area contributed by atoms with Gasteiger partial charge in [-0.1, -0.05) is 12.1 Å². The zero-order valence-corrected chi connectivity index (χ0v) is 14.8. The van der Waals surface area contributed by atoms with E-state index in [4.69, 9.17) is 4.74 Å². The number of aromatic nitrogens is 2. The van der Waals surface area contributed by atoms with E-state index in [0.29, 0.717) is 12.3 Å². The Kier molecular flexibility index (Phi) is 5.22. The molecule has 3 rings (SSSR count). The maximum atomic E-state index is 13.2. The van der Waals surface area contributed by atoms with Gasteiger partial charge >= 0.3 is 0 Å². The fourth-order valence-electron chi connectivity index (χ4n) is 2.96. The molecule has 1 aliphatic heterocycles. The number of H-pyrrole nitrogens is 1. The summed E-state index contributed by atoms with van der Waals surface area (Å²) in [5.41, 5.74) is 2.94. The molecule has 8 heteroatoms. The van der Waals surface area contributed by atoms with Gasteiger partial charge in [0.05, 0.1) is 25.3 Å². The number of rotatable bonds is 6. The molecule has 140 valence electrons. The Morgan fingerprint density at radius 3 is 2.92 bits per heavy atom. The number of benzene rings is 1. The molecule has 0 saturated carbocycles. The number of amides is 1. The van der Waals surface area contributed by atoms with E-state index in [1.165, 1.54) is 4.90 Å². The summed E-state index contributed by atoms with van der Waals surface area (Å²) in [5, 5.41) is 9.48. The third kappa shape index (κ3) is 4.19. The highest BCUT2D eigenvalue weighted by molar-refractivity contribution is 5.82. The lowest BCUT2D eigenvalue weighted by Gasteiger charge is -2.21. The van der Waals surface area contributed by atoms with Crippen LogP contribution in [0.5, 0.6) is 5.75 Å². The van der Waals surface area contributed by atoms with Gasteiger partial charge in [-0.3, -0.25) is 15.2 Å². The normalized spacial score (nSPS) is 18.7. The topological polar surface area (TPSA) is 70.2 Å². The van der Waals surface area contributed by atoms with Gasteiger partial charge in [0.15, 0.2) is 0 Å². The molecular formula is C18H22F2N4O2. The molecule has 0 spiro atoms. The summed E-state index contributed by atoms with van der Waals surface area (Å²) in [7, 11) is 1.59. The molecule has 1 aliphatic rings. The van der Waals surface area contributed by atoms with Crippen LogP contribution in [0.4, 0.5) is 8.78 Å². The van der Waals surface area contributed by atoms with Crippen LogP contribution >= 0.6 is 0 Å². The van der Waals surface area contributed by atoms with Crippen molar-refractivity contribution < 1.29 is 18.3 Å². The van der Waals surface area contributed by atoms with Gasteiger partial charge in [-0.15, -0.1) is 0 Å². The van der Waals surface area contributed by atoms with Gasteiger partial charge in [0.25, 0.3) is 5.92 Å². The van der Waals surface area contributed by atoms with Crippen molar-refractivity contribution in [2.45, 2.75) is 25.3 Å². The Morgan fingerprint density at radius 2 is 2.27 bits per heavy atom. The third-order valence-corrected chi connectivity index (χ3v) is 4.45.